The van der Waals surface area contributed by atoms with Gasteiger partial charge >= 0.3 is 0 Å². The summed E-state index contributed by atoms with van der Waals surface area (Å²) in [5.74, 6) is 0.903. The summed E-state index contributed by atoms with van der Waals surface area (Å²) < 4.78 is 1.16. The van der Waals surface area contributed by atoms with Crippen molar-refractivity contribution in [3.05, 3.63) is 34.3 Å². The first kappa shape index (κ1) is 15.4. The second-order valence-electron chi connectivity index (χ2n) is 5.67. The van der Waals surface area contributed by atoms with Crippen LogP contribution in [0.1, 0.15) is 38.7 Å². The van der Waals surface area contributed by atoms with Crippen molar-refractivity contribution in [1.82, 2.24) is 10.6 Å². The number of aliphatic imine (C=N–C) groups is 1. The van der Waals surface area contributed by atoms with Crippen LogP contribution in [0.5, 0.6) is 0 Å². The fourth-order valence-corrected chi connectivity index (χ4v) is 2.72. The van der Waals surface area contributed by atoms with Crippen molar-refractivity contribution in [1.29, 1.82) is 0 Å². The molecule has 1 atom stereocenters. The molecule has 0 bridgehead atoms. The quantitative estimate of drug-likeness (QED) is 0.637. The molecule has 0 amide bonds. The summed E-state index contributed by atoms with van der Waals surface area (Å²) in [4.78, 5) is 4.30. The monoisotopic (exact) mass is 337 g/mol. The van der Waals surface area contributed by atoms with E-state index in [1.807, 2.05) is 7.05 Å². The van der Waals surface area contributed by atoms with Crippen LogP contribution in [0.15, 0.2) is 33.7 Å². The van der Waals surface area contributed by atoms with Crippen LogP contribution in [-0.4, -0.2) is 25.6 Å². The molecule has 0 aliphatic heterocycles. The van der Waals surface area contributed by atoms with Gasteiger partial charge in [0.05, 0.1) is 0 Å². The third-order valence-corrected chi connectivity index (χ3v) is 4.60. The van der Waals surface area contributed by atoms with Gasteiger partial charge in [-0.15, -0.1) is 0 Å². The third-order valence-electron chi connectivity index (χ3n) is 4.10. The average molecular weight is 338 g/mol. The SMILES string of the molecule is CCC(C)NC(=NC)NCC1(c2cccc(Br)c2)CC1. The third kappa shape index (κ3) is 3.75. The lowest BCUT2D eigenvalue weighted by Crippen LogP contribution is -2.44. The molecule has 1 aromatic rings. The Hall–Kier alpha value is -1.03. The van der Waals surface area contributed by atoms with Crippen molar-refractivity contribution in [3.8, 4) is 0 Å². The zero-order chi connectivity index (χ0) is 14.6. The summed E-state index contributed by atoms with van der Waals surface area (Å²) in [6, 6.07) is 9.11. The number of rotatable bonds is 5. The van der Waals surface area contributed by atoms with Crippen LogP contribution in [0.3, 0.4) is 0 Å². The lowest BCUT2D eigenvalue weighted by Gasteiger charge is -2.21. The van der Waals surface area contributed by atoms with Crippen LogP contribution < -0.4 is 10.6 Å². The van der Waals surface area contributed by atoms with Gasteiger partial charge in [-0.3, -0.25) is 4.99 Å². The molecule has 4 heteroatoms. The van der Waals surface area contributed by atoms with Crippen LogP contribution in [-0.2, 0) is 5.41 Å². The highest BCUT2D eigenvalue weighted by Crippen LogP contribution is 2.48. The lowest BCUT2D eigenvalue weighted by molar-refractivity contribution is 0.601. The Labute approximate surface area is 130 Å². The molecule has 1 fully saturated rings. The highest BCUT2D eigenvalue weighted by atomic mass is 79.9. The van der Waals surface area contributed by atoms with E-state index in [1.165, 1.54) is 18.4 Å². The average Bonchev–Trinajstić information content (AvgIpc) is 3.24. The molecule has 0 aromatic heterocycles. The molecule has 1 aliphatic carbocycles. The van der Waals surface area contributed by atoms with Crippen molar-refractivity contribution in [2.24, 2.45) is 4.99 Å². The molecule has 1 saturated carbocycles. The molecule has 2 N–H and O–H groups in total. The Morgan fingerprint density at radius 3 is 2.75 bits per heavy atom. The number of nitrogens with one attached hydrogen (secondary N) is 2. The van der Waals surface area contributed by atoms with Crippen LogP contribution in [0, 0.1) is 0 Å². The fourth-order valence-electron chi connectivity index (χ4n) is 2.32. The lowest BCUT2D eigenvalue weighted by atomic mass is 9.96. The smallest absolute Gasteiger partial charge is 0.191 e. The maximum atomic E-state index is 4.30. The van der Waals surface area contributed by atoms with E-state index in [0.29, 0.717) is 6.04 Å². The summed E-state index contributed by atoms with van der Waals surface area (Å²) in [6.45, 7) is 5.29. The molecule has 1 unspecified atom stereocenters. The maximum absolute atomic E-state index is 4.30. The molecule has 0 radical (unpaired) electrons. The fraction of sp³-hybridized carbons (Fsp3) is 0.562. The number of guanidine groups is 1. The number of halogens is 1. The standard InChI is InChI=1S/C16H24BrN3/c1-4-12(2)20-15(18-3)19-11-16(8-9-16)13-6-5-7-14(17)10-13/h5-7,10,12H,4,8-9,11H2,1-3H3,(H2,18,19,20). The van der Waals surface area contributed by atoms with Gasteiger partial charge in [-0.05, 0) is 43.9 Å². The molecule has 20 heavy (non-hydrogen) atoms. The highest BCUT2D eigenvalue weighted by Gasteiger charge is 2.44. The maximum Gasteiger partial charge on any atom is 0.191 e. The topological polar surface area (TPSA) is 36.4 Å². The number of benzene rings is 1. The Kier molecular flexibility index (Phi) is 5.08. The van der Waals surface area contributed by atoms with E-state index in [2.05, 4.69) is 69.7 Å². The van der Waals surface area contributed by atoms with Crippen molar-refractivity contribution in [2.75, 3.05) is 13.6 Å². The zero-order valence-electron chi connectivity index (χ0n) is 12.5. The first-order valence-electron chi connectivity index (χ1n) is 7.33. The molecule has 0 heterocycles. The second kappa shape index (κ2) is 6.61. The van der Waals surface area contributed by atoms with Gasteiger partial charge in [-0.25, -0.2) is 0 Å². The summed E-state index contributed by atoms with van der Waals surface area (Å²) in [6.07, 6.45) is 3.59. The van der Waals surface area contributed by atoms with E-state index in [0.717, 1.165) is 23.4 Å². The van der Waals surface area contributed by atoms with E-state index >= 15 is 0 Å². The van der Waals surface area contributed by atoms with Crippen molar-refractivity contribution < 1.29 is 0 Å². The largest absolute Gasteiger partial charge is 0.356 e. The van der Waals surface area contributed by atoms with E-state index in [1.54, 1.807) is 0 Å². The van der Waals surface area contributed by atoms with Gasteiger partial charge in [0.1, 0.15) is 0 Å². The minimum atomic E-state index is 0.289. The molecule has 110 valence electrons. The van der Waals surface area contributed by atoms with Gasteiger partial charge in [-0.1, -0.05) is 35.0 Å². The van der Waals surface area contributed by atoms with Gasteiger partial charge in [0, 0.05) is 29.5 Å². The first-order chi connectivity index (χ1) is 9.59. The molecular weight excluding hydrogens is 314 g/mol. The molecule has 0 spiro atoms. The van der Waals surface area contributed by atoms with E-state index < -0.39 is 0 Å². The predicted octanol–water partition coefficient (Wildman–Crippen LogP) is 3.44. The van der Waals surface area contributed by atoms with Crippen LogP contribution in [0.25, 0.3) is 0 Å². The van der Waals surface area contributed by atoms with Gasteiger partial charge in [0.25, 0.3) is 0 Å². The van der Waals surface area contributed by atoms with E-state index in [-0.39, 0.29) is 5.41 Å². The predicted molar refractivity (Wildman–Crippen MR) is 89.3 cm³/mol. The van der Waals surface area contributed by atoms with Crippen LogP contribution in [0.2, 0.25) is 0 Å². The summed E-state index contributed by atoms with van der Waals surface area (Å²) >= 11 is 3.56. The normalized spacial score (nSPS) is 18.5. The molecule has 2 rings (SSSR count). The summed E-state index contributed by atoms with van der Waals surface area (Å²) in [5.41, 5.74) is 1.70. The van der Waals surface area contributed by atoms with Crippen LogP contribution in [0.4, 0.5) is 0 Å². The molecule has 0 saturated heterocycles. The van der Waals surface area contributed by atoms with E-state index in [9.17, 15) is 0 Å². The number of hydrogen-bond donors (Lipinski definition) is 2. The first-order valence-corrected chi connectivity index (χ1v) is 8.12. The van der Waals surface area contributed by atoms with Crippen molar-refractivity contribution in [3.63, 3.8) is 0 Å². The molecule has 1 aromatic carbocycles. The number of nitrogens with zero attached hydrogens (tertiary/aromatic N) is 1. The van der Waals surface area contributed by atoms with Gasteiger partial charge < -0.3 is 10.6 Å². The summed E-state index contributed by atoms with van der Waals surface area (Å²) in [7, 11) is 1.83. The summed E-state index contributed by atoms with van der Waals surface area (Å²) in [5, 5.41) is 6.89. The second-order valence-corrected chi connectivity index (χ2v) is 6.59. The van der Waals surface area contributed by atoms with E-state index in [4.69, 9.17) is 0 Å². The number of hydrogen-bond acceptors (Lipinski definition) is 1. The van der Waals surface area contributed by atoms with Gasteiger partial charge in [0.15, 0.2) is 5.96 Å². The minimum absolute atomic E-state index is 0.289. The molecule has 3 nitrogen and oxygen atoms in total. The van der Waals surface area contributed by atoms with Gasteiger partial charge in [-0.2, -0.15) is 0 Å². The Morgan fingerprint density at radius 2 is 2.20 bits per heavy atom. The van der Waals surface area contributed by atoms with Crippen LogP contribution >= 0.6 is 15.9 Å². The molecular formula is C16H24BrN3. The Bertz CT molecular complexity index is 480. The highest BCUT2D eigenvalue weighted by molar-refractivity contribution is 9.10. The molecule has 1 aliphatic rings. The zero-order valence-corrected chi connectivity index (χ0v) is 14.1. The van der Waals surface area contributed by atoms with Crippen molar-refractivity contribution in [2.45, 2.75) is 44.6 Å². The minimum Gasteiger partial charge on any atom is -0.356 e. The van der Waals surface area contributed by atoms with Crippen molar-refractivity contribution >= 4 is 21.9 Å². The Morgan fingerprint density at radius 1 is 1.45 bits per heavy atom. The van der Waals surface area contributed by atoms with Gasteiger partial charge in [0.2, 0.25) is 0 Å². The Balaban J connectivity index is 1.96.